The van der Waals surface area contributed by atoms with Crippen molar-refractivity contribution in [3.05, 3.63) is 0 Å². The van der Waals surface area contributed by atoms with Crippen molar-refractivity contribution in [3.8, 4) is 0 Å². The average molecular weight is 201 g/mol. The van der Waals surface area contributed by atoms with Crippen molar-refractivity contribution >= 4 is 11.7 Å². The lowest BCUT2D eigenvalue weighted by molar-refractivity contribution is -0.135. The van der Waals surface area contributed by atoms with E-state index < -0.39 is 23.3 Å². The van der Waals surface area contributed by atoms with Crippen LogP contribution < -0.4 is 17.2 Å². The van der Waals surface area contributed by atoms with E-state index in [-0.39, 0.29) is 12.3 Å². The predicted octanol–water partition coefficient (Wildman–Crippen LogP) is -0.868. The van der Waals surface area contributed by atoms with Crippen LogP contribution in [0.1, 0.15) is 27.2 Å². The summed E-state index contributed by atoms with van der Waals surface area (Å²) in [5.41, 5.74) is 14.7. The molecular formula is C9H19N3O2. The standard InChI is InChI=1S/C9H19N3O2/c1-4-9(12,8(11)14)7(13)6(10)5(2)3/h5-6H,4,10,12H2,1-3H3,(H2,11,14)/t6-,9?/m0/s1. The van der Waals surface area contributed by atoms with Crippen LogP contribution in [-0.4, -0.2) is 23.3 Å². The molecule has 0 aromatic heterocycles. The van der Waals surface area contributed by atoms with Crippen molar-refractivity contribution in [1.82, 2.24) is 0 Å². The van der Waals surface area contributed by atoms with E-state index >= 15 is 0 Å². The van der Waals surface area contributed by atoms with Crippen LogP contribution in [0.4, 0.5) is 0 Å². The highest BCUT2D eigenvalue weighted by molar-refractivity contribution is 6.11. The maximum Gasteiger partial charge on any atom is 0.245 e. The van der Waals surface area contributed by atoms with Gasteiger partial charge in [-0.3, -0.25) is 9.59 Å². The molecule has 6 N–H and O–H groups in total. The third-order valence-corrected chi connectivity index (χ3v) is 2.46. The highest BCUT2D eigenvalue weighted by atomic mass is 16.2. The minimum atomic E-state index is -1.62. The smallest absolute Gasteiger partial charge is 0.245 e. The zero-order chi connectivity index (χ0) is 11.5. The predicted molar refractivity (Wildman–Crippen MR) is 54.2 cm³/mol. The third kappa shape index (κ3) is 2.30. The van der Waals surface area contributed by atoms with Gasteiger partial charge in [-0.2, -0.15) is 0 Å². The van der Waals surface area contributed by atoms with Gasteiger partial charge in [0.25, 0.3) is 0 Å². The van der Waals surface area contributed by atoms with Crippen LogP contribution >= 0.6 is 0 Å². The SMILES string of the molecule is CCC(N)(C(N)=O)C(=O)[C@@H](N)C(C)C. The summed E-state index contributed by atoms with van der Waals surface area (Å²) in [4.78, 5) is 22.8. The Morgan fingerprint density at radius 1 is 1.36 bits per heavy atom. The maximum absolute atomic E-state index is 11.7. The molecule has 1 unspecified atom stereocenters. The Hall–Kier alpha value is -0.940. The van der Waals surface area contributed by atoms with Gasteiger partial charge in [-0.25, -0.2) is 0 Å². The highest BCUT2D eigenvalue weighted by Crippen LogP contribution is 2.13. The zero-order valence-electron chi connectivity index (χ0n) is 8.91. The molecule has 0 rings (SSSR count). The molecule has 1 amide bonds. The molecule has 0 aliphatic carbocycles. The Labute approximate surface area is 84.0 Å². The lowest BCUT2D eigenvalue weighted by atomic mass is 9.83. The van der Waals surface area contributed by atoms with Crippen LogP contribution in [0.2, 0.25) is 0 Å². The van der Waals surface area contributed by atoms with E-state index in [1.807, 2.05) is 0 Å². The number of nitrogens with two attached hydrogens (primary N) is 3. The van der Waals surface area contributed by atoms with Gasteiger partial charge in [0.1, 0.15) is 0 Å². The first-order valence-electron chi connectivity index (χ1n) is 4.66. The number of Topliss-reactive ketones (excluding diaryl/α,β-unsaturated/α-hetero) is 1. The van der Waals surface area contributed by atoms with Crippen LogP contribution in [0.25, 0.3) is 0 Å². The van der Waals surface area contributed by atoms with Crippen LogP contribution in [0.5, 0.6) is 0 Å². The number of amides is 1. The molecule has 0 aliphatic heterocycles. The molecule has 14 heavy (non-hydrogen) atoms. The number of carbonyl (C=O) groups excluding carboxylic acids is 2. The van der Waals surface area contributed by atoms with Crippen molar-refractivity contribution in [2.75, 3.05) is 0 Å². The average Bonchev–Trinajstić information content (AvgIpc) is 2.13. The van der Waals surface area contributed by atoms with Crippen LogP contribution in [0.15, 0.2) is 0 Å². The van der Waals surface area contributed by atoms with Gasteiger partial charge in [0.2, 0.25) is 5.91 Å². The van der Waals surface area contributed by atoms with Gasteiger partial charge < -0.3 is 17.2 Å². The highest BCUT2D eigenvalue weighted by Gasteiger charge is 2.41. The van der Waals surface area contributed by atoms with Crippen molar-refractivity contribution in [2.24, 2.45) is 23.1 Å². The molecule has 0 aromatic rings. The van der Waals surface area contributed by atoms with Crippen LogP contribution in [0.3, 0.4) is 0 Å². The monoisotopic (exact) mass is 201 g/mol. The maximum atomic E-state index is 11.7. The van der Waals surface area contributed by atoms with Gasteiger partial charge in [-0.1, -0.05) is 20.8 Å². The molecule has 0 aromatic carbocycles. The van der Waals surface area contributed by atoms with E-state index in [2.05, 4.69) is 0 Å². The van der Waals surface area contributed by atoms with E-state index in [9.17, 15) is 9.59 Å². The molecular weight excluding hydrogens is 182 g/mol. The largest absolute Gasteiger partial charge is 0.368 e. The van der Waals surface area contributed by atoms with Crippen LogP contribution in [0, 0.1) is 5.92 Å². The molecule has 0 fully saturated rings. The zero-order valence-corrected chi connectivity index (χ0v) is 8.91. The van der Waals surface area contributed by atoms with E-state index in [0.29, 0.717) is 0 Å². The summed E-state index contributed by atoms with van der Waals surface area (Å²) < 4.78 is 0. The number of carbonyl (C=O) groups is 2. The number of hydrogen-bond donors (Lipinski definition) is 3. The van der Waals surface area contributed by atoms with Crippen LogP contribution in [-0.2, 0) is 9.59 Å². The molecule has 0 aliphatic rings. The fourth-order valence-corrected chi connectivity index (χ4v) is 1.07. The summed E-state index contributed by atoms with van der Waals surface area (Å²) in [5.74, 6) is -1.36. The van der Waals surface area contributed by atoms with Crippen molar-refractivity contribution in [2.45, 2.75) is 38.8 Å². The summed E-state index contributed by atoms with van der Waals surface area (Å²) in [6.07, 6.45) is 0.168. The molecule has 82 valence electrons. The van der Waals surface area contributed by atoms with Crippen molar-refractivity contribution in [1.29, 1.82) is 0 Å². The Bertz CT molecular complexity index is 240. The van der Waals surface area contributed by atoms with Gasteiger partial charge in [-0.05, 0) is 12.3 Å². The Morgan fingerprint density at radius 3 is 2.00 bits per heavy atom. The quantitative estimate of drug-likeness (QED) is 0.502. The topological polar surface area (TPSA) is 112 Å². The minimum Gasteiger partial charge on any atom is -0.368 e. The van der Waals surface area contributed by atoms with Gasteiger partial charge in [0.05, 0.1) is 6.04 Å². The second-order valence-corrected chi connectivity index (χ2v) is 3.82. The summed E-state index contributed by atoms with van der Waals surface area (Å²) in [5, 5.41) is 0. The number of primary amides is 1. The summed E-state index contributed by atoms with van der Waals surface area (Å²) in [6.45, 7) is 5.22. The Morgan fingerprint density at radius 2 is 1.79 bits per heavy atom. The van der Waals surface area contributed by atoms with E-state index in [0.717, 1.165) is 0 Å². The number of hydrogen-bond acceptors (Lipinski definition) is 4. The molecule has 5 nitrogen and oxygen atoms in total. The molecule has 0 spiro atoms. The minimum absolute atomic E-state index is 0.0590. The van der Waals surface area contributed by atoms with Gasteiger partial charge in [0, 0.05) is 0 Å². The number of ketones is 1. The lowest BCUT2D eigenvalue weighted by Gasteiger charge is -2.27. The van der Waals surface area contributed by atoms with Gasteiger partial charge in [0.15, 0.2) is 11.3 Å². The van der Waals surface area contributed by atoms with Crippen molar-refractivity contribution < 1.29 is 9.59 Å². The molecule has 0 radical (unpaired) electrons. The van der Waals surface area contributed by atoms with Gasteiger partial charge >= 0.3 is 0 Å². The molecule has 0 bridgehead atoms. The first kappa shape index (κ1) is 13.1. The molecule has 0 heterocycles. The number of rotatable bonds is 5. The fourth-order valence-electron chi connectivity index (χ4n) is 1.07. The molecule has 0 saturated heterocycles. The van der Waals surface area contributed by atoms with Crippen molar-refractivity contribution in [3.63, 3.8) is 0 Å². The molecule has 0 saturated carbocycles. The first-order valence-corrected chi connectivity index (χ1v) is 4.66. The molecule has 2 atom stereocenters. The van der Waals surface area contributed by atoms with E-state index in [4.69, 9.17) is 17.2 Å². The summed E-state index contributed by atoms with van der Waals surface area (Å²) in [6, 6.07) is -0.743. The van der Waals surface area contributed by atoms with Gasteiger partial charge in [-0.15, -0.1) is 0 Å². The Balaban J connectivity index is 4.88. The Kier molecular flexibility index (Phi) is 4.22. The summed E-state index contributed by atoms with van der Waals surface area (Å²) >= 11 is 0. The normalized spacial score (nSPS) is 17.6. The molecule has 5 heteroatoms. The fraction of sp³-hybridized carbons (Fsp3) is 0.778. The summed E-state index contributed by atoms with van der Waals surface area (Å²) in [7, 11) is 0. The van der Waals surface area contributed by atoms with E-state index in [1.54, 1.807) is 20.8 Å². The van der Waals surface area contributed by atoms with E-state index in [1.165, 1.54) is 0 Å². The third-order valence-electron chi connectivity index (χ3n) is 2.46. The first-order chi connectivity index (χ1) is 6.27. The lowest BCUT2D eigenvalue weighted by Crippen LogP contribution is -2.63. The second-order valence-electron chi connectivity index (χ2n) is 3.82. The second kappa shape index (κ2) is 4.52.